The van der Waals surface area contributed by atoms with Crippen LogP contribution in [0, 0.1) is 13.8 Å². The van der Waals surface area contributed by atoms with E-state index in [0.717, 1.165) is 21.7 Å². The van der Waals surface area contributed by atoms with E-state index in [2.05, 4.69) is 48.5 Å². The number of aromatic hydroxyl groups is 2. The maximum Gasteiger partial charge on any atom is 0.126 e. The molecule has 0 saturated carbocycles. The molecular formula is C29H31O4PSi. The van der Waals surface area contributed by atoms with Crippen molar-refractivity contribution in [1.29, 1.82) is 0 Å². The van der Waals surface area contributed by atoms with Gasteiger partial charge < -0.3 is 19.7 Å². The Labute approximate surface area is 210 Å². The van der Waals surface area contributed by atoms with Crippen molar-refractivity contribution in [3.05, 3.63) is 107 Å². The highest BCUT2D eigenvalue weighted by molar-refractivity contribution is 7.97. The zero-order chi connectivity index (χ0) is 24.9. The molecule has 4 aromatic rings. The Kier molecular flexibility index (Phi) is 7.79. The van der Waals surface area contributed by atoms with Gasteiger partial charge in [-0.2, -0.15) is 0 Å². The Morgan fingerprint density at radius 2 is 1.06 bits per heavy atom. The van der Waals surface area contributed by atoms with Crippen molar-refractivity contribution in [2.24, 2.45) is 0 Å². The van der Waals surface area contributed by atoms with E-state index >= 15 is 0 Å². The minimum Gasteiger partial charge on any atom is -0.507 e. The van der Waals surface area contributed by atoms with Gasteiger partial charge in [-0.05, 0) is 60.4 Å². The maximum atomic E-state index is 11.3. The highest BCUT2D eigenvalue weighted by atomic mass is 31.4. The van der Waals surface area contributed by atoms with Crippen LogP contribution < -0.4 is 20.1 Å². The molecule has 2 N–H and O–H groups in total. The van der Waals surface area contributed by atoms with E-state index in [1.807, 2.05) is 50.2 Å². The summed E-state index contributed by atoms with van der Waals surface area (Å²) in [5.41, 5.74) is 4.21. The third-order valence-corrected chi connectivity index (χ3v) is 14.1. The summed E-state index contributed by atoms with van der Waals surface area (Å²) in [5, 5.41) is 24.2. The van der Waals surface area contributed by atoms with Crippen LogP contribution in [-0.2, 0) is 0 Å². The summed E-state index contributed by atoms with van der Waals surface area (Å²) in [7, 11) is 1.16. The van der Waals surface area contributed by atoms with Crippen LogP contribution in [0.15, 0.2) is 84.9 Å². The number of phenols is 2. The van der Waals surface area contributed by atoms with Crippen LogP contribution in [0.4, 0.5) is 0 Å². The minimum absolute atomic E-state index is 0.195. The fraction of sp³-hybridized carbons (Fsp3) is 0.172. The molecule has 0 atom stereocenters. The largest absolute Gasteiger partial charge is 0.507 e. The number of benzene rings is 4. The molecule has 0 unspecified atom stereocenters. The minimum atomic E-state index is -1.08. The zero-order valence-corrected chi connectivity index (χ0v) is 22.8. The first kappa shape index (κ1) is 24.8. The average Bonchev–Trinajstić information content (AvgIpc) is 2.89. The molecule has 0 spiro atoms. The molecule has 4 aromatic carbocycles. The van der Waals surface area contributed by atoms with Crippen LogP contribution in [-0.4, -0.2) is 33.6 Å². The third kappa shape index (κ3) is 5.37. The van der Waals surface area contributed by atoms with Crippen molar-refractivity contribution >= 4 is 27.3 Å². The van der Waals surface area contributed by atoms with E-state index in [1.54, 1.807) is 14.2 Å². The molecule has 180 valence electrons. The molecule has 0 aromatic heterocycles. The first-order chi connectivity index (χ1) is 16.9. The molecule has 0 aliphatic rings. The smallest absolute Gasteiger partial charge is 0.126 e. The van der Waals surface area contributed by atoms with Crippen LogP contribution in [0.1, 0.15) is 27.8 Å². The third-order valence-electron chi connectivity index (χ3n) is 6.33. The highest BCUT2D eigenvalue weighted by Crippen LogP contribution is 2.46. The van der Waals surface area contributed by atoms with E-state index < -0.39 is 16.7 Å². The Balaban J connectivity index is 1.95. The number of methoxy groups -OCH3 is 2. The number of aryl methyl sites for hydroxylation is 2. The van der Waals surface area contributed by atoms with Crippen LogP contribution in [0.3, 0.4) is 0 Å². The molecule has 0 bridgehead atoms. The standard InChI is InChI=1S/C29H31O4PSi/c1-19-15-23(32-3)17-25(27(19)30)34(26-18-24(33-4)16-20(2)28(26)31)35-29(21-11-7-5-8-12-21)22-13-9-6-10-14-22/h5-18,29-31H,35H2,1-4H3. The predicted molar refractivity (Wildman–Crippen MR) is 148 cm³/mol. The summed E-state index contributed by atoms with van der Waals surface area (Å²) in [5.74, 6) is 1.94. The normalized spacial score (nSPS) is 11.5. The second-order valence-corrected chi connectivity index (χ2v) is 14.6. The van der Waals surface area contributed by atoms with Gasteiger partial charge in [-0.25, -0.2) is 0 Å². The van der Waals surface area contributed by atoms with Crippen molar-refractivity contribution in [1.82, 2.24) is 0 Å². The average molecular weight is 503 g/mol. The zero-order valence-electron chi connectivity index (χ0n) is 20.5. The van der Waals surface area contributed by atoms with Crippen LogP contribution >= 0.6 is 7.47 Å². The van der Waals surface area contributed by atoms with E-state index in [4.69, 9.17) is 9.47 Å². The van der Waals surface area contributed by atoms with E-state index in [9.17, 15) is 10.2 Å². The summed E-state index contributed by atoms with van der Waals surface area (Å²) in [6.07, 6.45) is 0. The molecule has 0 fully saturated rings. The summed E-state index contributed by atoms with van der Waals surface area (Å²) in [6.45, 7) is 3.78. The summed E-state index contributed by atoms with van der Waals surface area (Å²) < 4.78 is 11.2. The second-order valence-electron chi connectivity index (χ2n) is 8.61. The van der Waals surface area contributed by atoms with Gasteiger partial charge in [-0.15, -0.1) is 0 Å². The molecule has 0 saturated heterocycles. The lowest BCUT2D eigenvalue weighted by Crippen LogP contribution is -2.23. The van der Waals surface area contributed by atoms with Gasteiger partial charge in [0.25, 0.3) is 0 Å². The first-order valence-corrected chi connectivity index (χ1v) is 15.8. The Morgan fingerprint density at radius 1 is 0.657 bits per heavy atom. The van der Waals surface area contributed by atoms with Gasteiger partial charge >= 0.3 is 0 Å². The van der Waals surface area contributed by atoms with Crippen LogP contribution in [0.25, 0.3) is 0 Å². The summed E-state index contributed by atoms with van der Waals surface area (Å²) in [6, 6.07) is 28.6. The number of phenolic OH excluding ortho intramolecular Hbond substituents is 2. The first-order valence-electron chi connectivity index (χ1n) is 11.6. The SMILES string of the molecule is COc1cc(C)c(O)c(P([SiH2]C(c2ccccc2)c2ccccc2)c2cc(OC)cc(C)c2O)c1. The molecule has 6 heteroatoms. The maximum absolute atomic E-state index is 11.3. The lowest BCUT2D eigenvalue weighted by atomic mass is 10.0. The Morgan fingerprint density at radius 3 is 1.43 bits per heavy atom. The van der Waals surface area contributed by atoms with Crippen molar-refractivity contribution in [2.75, 3.05) is 14.2 Å². The Hall–Kier alpha value is -3.27. The number of rotatable bonds is 8. The molecule has 4 nitrogen and oxygen atoms in total. The molecule has 0 amide bonds. The van der Waals surface area contributed by atoms with E-state index in [1.165, 1.54) is 11.1 Å². The van der Waals surface area contributed by atoms with E-state index in [0.29, 0.717) is 11.5 Å². The van der Waals surface area contributed by atoms with E-state index in [-0.39, 0.29) is 17.0 Å². The monoisotopic (exact) mass is 502 g/mol. The molecular weight excluding hydrogens is 471 g/mol. The van der Waals surface area contributed by atoms with Crippen LogP contribution in [0.2, 0.25) is 0 Å². The van der Waals surface area contributed by atoms with Gasteiger partial charge in [-0.3, -0.25) is 0 Å². The topological polar surface area (TPSA) is 58.9 Å². The van der Waals surface area contributed by atoms with Gasteiger partial charge in [0.2, 0.25) is 0 Å². The summed E-state index contributed by atoms with van der Waals surface area (Å²) >= 11 is 0. The van der Waals surface area contributed by atoms with Gasteiger partial charge in [0, 0.05) is 16.2 Å². The van der Waals surface area contributed by atoms with Gasteiger partial charge in [0.1, 0.15) is 23.0 Å². The molecule has 0 radical (unpaired) electrons. The molecule has 35 heavy (non-hydrogen) atoms. The fourth-order valence-electron chi connectivity index (χ4n) is 4.39. The lowest BCUT2D eigenvalue weighted by molar-refractivity contribution is 0.412. The number of ether oxygens (including phenoxy) is 2. The quantitative estimate of drug-likeness (QED) is 0.262. The lowest BCUT2D eigenvalue weighted by Gasteiger charge is -2.28. The Bertz CT molecular complexity index is 1200. The van der Waals surface area contributed by atoms with Crippen LogP contribution in [0.5, 0.6) is 23.0 Å². The van der Waals surface area contributed by atoms with Crippen molar-refractivity contribution < 1.29 is 19.7 Å². The number of hydrogen-bond acceptors (Lipinski definition) is 4. The molecule has 0 heterocycles. The van der Waals surface area contributed by atoms with Crippen molar-refractivity contribution in [3.63, 3.8) is 0 Å². The van der Waals surface area contributed by atoms with Gasteiger partial charge in [0.05, 0.1) is 23.4 Å². The van der Waals surface area contributed by atoms with Crippen molar-refractivity contribution in [3.8, 4) is 23.0 Å². The highest BCUT2D eigenvalue weighted by Gasteiger charge is 2.29. The molecule has 4 rings (SSSR count). The molecule has 0 aliphatic carbocycles. The molecule has 0 aliphatic heterocycles. The fourth-order valence-corrected chi connectivity index (χ4v) is 12.8. The van der Waals surface area contributed by atoms with Crippen molar-refractivity contribution in [2.45, 2.75) is 19.4 Å². The number of hydrogen-bond donors (Lipinski definition) is 2. The summed E-state index contributed by atoms with van der Waals surface area (Å²) in [4.78, 5) is 0. The van der Waals surface area contributed by atoms with Gasteiger partial charge in [0.15, 0.2) is 0 Å². The second kappa shape index (κ2) is 11.0. The predicted octanol–water partition coefficient (Wildman–Crippen LogP) is 5.04. The van der Waals surface area contributed by atoms with Gasteiger partial charge in [-0.1, -0.05) is 68.1 Å².